The van der Waals surface area contributed by atoms with Crippen molar-refractivity contribution in [3.05, 3.63) is 30.3 Å². The number of rotatable bonds is 6. The molecule has 174 valence electrons. The normalized spacial score (nSPS) is 33.3. The molecule has 32 heavy (non-hydrogen) atoms. The quantitative estimate of drug-likeness (QED) is 0.620. The molecule has 0 aromatic heterocycles. The van der Waals surface area contributed by atoms with Gasteiger partial charge in [-0.25, -0.2) is 0 Å². The zero-order chi connectivity index (χ0) is 23.3. The first-order valence-electron chi connectivity index (χ1n) is 11.4. The Bertz CT molecular complexity index is 914. The second-order valence-electron chi connectivity index (χ2n) is 10.2. The van der Waals surface area contributed by atoms with Gasteiger partial charge >= 0.3 is 0 Å². The van der Waals surface area contributed by atoms with Crippen LogP contribution in [0.5, 0.6) is 0 Å². The van der Waals surface area contributed by atoms with Gasteiger partial charge in [-0.1, -0.05) is 25.1 Å². The van der Waals surface area contributed by atoms with E-state index in [-0.39, 0.29) is 30.9 Å². The van der Waals surface area contributed by atoms with Crippen LogP contribution in [0.4, 0.5) is 5.69 Å². The van der Waals surface area contributed by atoms with Crippen molar-refractivity contribution in [1.29, 1.82) is 0 Å². The van der Waals surface area contributed by atoms with Crippen molar-refractivity contribution in [3.63, 3.8) is 0 Å². The molecule has 3 fully saturated rings. The standard InChI is InChI=1S/C24H33N3O5/c1-5-23-11-12-24(32-23)17(16(23)19(29)25-15-9-7-6-8-10-15)21(31)27(13-14-28)18(24)20(30)26-22(2,3)4/h6-10,16-18,28H,5,11-14H2,1-4H3,(H,25,29)(H,26,30)/t16-,17+,18?,23+,24?/m1/s1. The summed E-state index contributed by atoms with van der Waals surface area (Å²) in [5.41, 5.74) is -1.70. The molecule has 0 aliphatic carbocycles. The summed E-state index contributed by atoms with van der Waals surface area (Å²) >= 11 is 0. The lowest BCUT2D eigenvalue weighted by Crippen LogP contribution is -2.58. The summed E-state index contributed by atoms with van der Waals surface area (Å²) in [6.45, 7) is 7.35. The second-order valence-corrected chi connectivity index (χ2v) is 10.2. The van der Waals surface area contributed by atoms with Crippen LogP contribution in [0.25, 0.3) is 0 Å². The number of hydrogen-bond acceptors (Lipinski definition) is 5. The van der Waals surface area contributed by atoms with Crippen molar-refractivity contribution in [1.82, 2.24) is 10.2 Å². The highest BCUT2D eigenvalue weighted by Crippen LogP contribution is 2.64. The van der Waals surface area contributed by atoms with E-state index < -0.39 is 34.6 Å². The van der Waals surface area contributed by atoms with Gasteiger partial charge < -0.3 is 25.4 Å². The van der Waals surface area contributed by atoms with Gasteiger partial charge in [0.1, 0.15) is 11.6 Å². The topological polar surface area (TPSA) is 108 Å². The fraction of sp³-hybridized carbons (Fsp3) is 0.625. The molecule has 2 unspecified atom stereocenters. The van der Waals surface area contributed by atoms with E-state index in [2.05, 4.69) is 10.6 Å². The summed E-state index contributed by atoms with van der Waals surface area (Å²) in [6, 6.07) is 8.25. The minimum atomic E-state index is -1.07. The molecule has 1 aromatic rings. The van der Waals surface area contributed by atoms with Gasteiger partial charge in [-0.15, -0.1) is 0 Å². The number of carbonyl (C=O) groups is 3. The van der Waals surface area contributed by atoms with E-state index in [1.165, 1.54) is 4.90 Å². The molecule has 3 amide bonds. The van der Waals surface area contributed by atoms with Crippen molar-refractivity contribution in [2.75, 3.05) is 18.5 Å². The van der Waals surface area contributed by atoms with E-state index in [9.17, 15) is 19.5 Å². The molecule has 3 saturated heterocycles. The number of ether oxygens (including phenoxy) is 1. The average molecular weight is 444 g/mol. The number of aliphatic hydroxyl groups is 1. The summed E-state index contributed by atoms with van der Waals surface area (Å²) in [5.74, 6) is -2.34. The highest BCUT2D eigenvalue weighted by atomic mass is 16.5. The molecule has 8 nitrogen and oxygen atoms in total. The zero-order valence-corrected chi connectivity index (χ0v) is 19.2. The van der Waals surface area contributed by atoms with E-state index >= 15 is 0 Å². The fourth-order valence-corrected chi connectivity index (χ4v) is 5.94. The monoisotopic (exact) mass is 443 g/mol. The van der Waals surface area contributed by atoms with Crippen LogP contribution in [0, 0.1) is 11.8 Å². The third-order valence-corrected chi connectivity index (χ3v) is 7.09. The fourth-order valence-electron chi connectivity index (χ4n) is 5.94. The summed E-state index contributed by atoms with van der Waals surface area (Å²) in [6.07, 6.45) is 1.70. The molecule has 8 heteroatoms. The molecule has 2 bridgehead atoms. The third-order valence-electron chi connectivity index (χ3n) is 7.09. The minimum absolute atomic E-state index is 0.0226. The van der Waals surface area contributed by atoms with Gasteiger partial charge in [0.15, 0.2) is 0 Å². The molecule has 3 aliphatic heterocycles. The van der Waals surface area contributed by atoms with E-state index in [4.69, 9.17) is 4.74 Å². The van der Waals surface area contributed by atoms with Crippen LogP contribution in [0.1, 0.15) is 47.0 Å². The van der Waals surface area contributed by atoms with Gasteiger partial charge in [0, 0.05) is 17.8 Å². The van der Waals surface area contributed by atoms with Crippen LogP contribution in [-0.2, 0) is 19.1 Å². The van der Waals surface area contributed by atoms with Crippen LogP contribution in [0.3, 0.4) is 0 Å². The maximum Gasteiger partial charge on any atom is 0.246 e. The van der Waals surface area contributed by atoms with E-state index in [0.717, 1.165) is 0 Å². The molecule has 5 atom stereocenters. The minimum Gasteiger partial charge on any atom is -0.395 e. The summed E-state index contributed by atoms with van der Waals surface area (Å²) < 4.78 is 6.62. The number of hydrogen-bond donors (Lipinski definition) is 3. The number of carbonyl (C=O) groups excluding carboxylic acids is 3. The maximum atomic E-state index is 13.6. The SMILES string of the molecule is CC[C@@]12CCC3(O1)C(C(=O)NC(C)(C)C)N(CCO)C(=O)[C@@H]3[C@@H]2C(=O)Nc1ccccc1. The lowest BCUT2D eigenvalue weighted by atomic mass is 9.65. The van der Waals surface area contributed by atoms with Crippen molar-refractivity contribution < 1.29 is 24.2 Å². The van der Waals surface area contributed by atoms with Crippen LogP contribution in [0.15, 0.2) is 30.3 Å². The highest BCUT2D eigenvalue weighted by molar-refractivity contribution is 6.02. The Morgan fingerprint density at radius 2 is 1.88 bits per heavy atom. The molecule has 1 spiro atoms. The summed E-state index contributed by atoms with van der Waals surface area (Å²) in [5, 5.41) is 15.6. The van der Waals surface area contributed by atoms with Gasteiger partial charge in [0.25, 0.3) is 0 Å². The van der Waals surface area contributed by atoms with Gasteiger partial charge in [0.05, 0.1) is 24.0 Å². The number of anilines is 1. The number of aliphatic hydroxyl groups excluding tert-OH is 1. The number of para-hydroxylation sites is 1. The van der Waals surface area contributed by atoms with Crippen LogP contribution in [0.2, 0.25) is 0 Å². The van der Waals surface area contributed by atoms with Crippen LogP contribution >= 0.6 is 0 Å². The predicted octanol–water partition coefficient (Wildman–Crippen LogP) is 1.69. The van der Waals surface area contributed by atoms with E-state index in [1.54, 1.807) is 12.1 Å². The van der Waals surface area contributed by atoms with Gasteiger partial charge in [-0.05, 0) is 52.2 Å². The molecule has 1 aromatic carbocycles. The van der Waals surface area contributed by atoms with Gasteiger partial charge in [-0.3, -0.25) is 14.4 Å². The van der Waals surface area contributed by atoms with Crippen molar-refractivity contribution in [2.24, 2.45) is 11.8 Å². The average Bonchev–Trinajstić information content (AvgIpc) is 3.32. The molecule has 4 rings (SSSR count). The Morgan fingerprint density at radius 1 is 1.19 bits per heavy atom. The number of β-amino-alcohol motifs (C(OH)–C–C–N with tert-alkyl or cyclic N) is 1. The van der Waals surface area contributed by atoms with Gasteiger partial charge in [0.2, 0.25) is 17.7 Å². The number of amides is 3. The number of nitrogens with one attached hydrogen (secondary N) is 2. The Hall–Kier alpha value is -2.45. The maximum absolute atomic E-state index is 13.6. The number of likely N-dealkylation sites (tertiary alicyclic amines) is 1. The zero-order valence-electron chi connectivity index (χ0n) is 19.2. The molecular weight excluding hydrogens is 410 g/mol. The smallest absolute Gasteiger partial charge is 0.246 e. The third kappa shape index (κ3) is 3.40. The van der Waals surface area contributed by atoms with Crippen molar-refractivity contribution in [2.45, 2.75) is 69.7 Å². The summed E-state index contributed by atoms with van der Waals surface area (Å²) in [7, 11) is 0. The predicted molar refractivity (Wildman–Crippen MR) is 119 cm³/mol. The Kier molecular flexibility index (Phi) is 5.57. The molecule has 3 aliphatic rings. The molecular formula is C24H33N3O5. The summed E-state index contributed by atoms with van der Waals surface area (Å²) in [4.78, 5) is 42.0. The number of nitrogens with zero attached hydrogens (tertiary/aromatic N) is 1. The van der Waals surface area contributed by atoms with Crippen molar-refractivity contribution in [3.8, 4) is 0 Å². The number of benzene rings is 1. The number of fused-ring (bicyclic) bond motifs is 1. The van der Waals surface area contributed by atoms with Crippen LogP contribution in [-0.4, -0.2) is 63.7 Å². The molecule has 0 radical (unpaired) electrons. The highest BCUT2D eigenvalue weighted by Gasteiger charge is 2.78. The van der Waals surface area contributed by atoms with Gasteiger partial charge in [-0.2, -0.15) is 0 Å². The first kappa shape index (κ1) is 22.7. The Labute approximate surface area is 188 Å². The molecule has 3 heterocycles. The van der Waals surface area contributed by atoms with Crippen molar-refractivity contribution >= 4 is 23.4 Å². The Morgan fingerprint density at radius 3 is 2.47 bits per heavy atom. The lowest BCUT2D eigenvalue weighted by Gasteiger charge is -2.35. The lowest BCUT2D eigenvalue weighted by molar-refractivity contribution is -0.147. The first-order valence-corrected chi connectivity index (χ1v) is 11.4. The van der Waals surface area contributed by atoms with Crippen LogP contribution < -0.4 is 10.6 Å². The molecule has 0 saturated carbocycles. The van der Waals surface area contributed by atoms with E-state index in [0.29, 0.717) is 24.9 Å². The first-order chi connectivity index (χ1) is 15.1. The molecule has 3 N–H and O–H groups in total. The van der Waals surface area contributed by atoms with E-state index in [1.807, 2.05) is 45.9 Å². The largest absolute Gasteiger partial charge is 0.395 e. The Balaban J connectivity index is 1.74. The second kappa shape index (κ2) is 7.85.